The van der Waals surface area contributed by atoms with Gasteiger partial charge in [-0.05, 0) is 50.3 Å². The van der Waals surface area contributed by atoms with Gasteiger partial charge >= 0.3 is 12.1 Å². The number of ether oxygens (including phenoxy) is 1. The van der Waals surface area contributed by atoms with Crippen LogP contribution in [0.5, 0.6) is 5.75 Å². The number of aromatic nitrogens is 3. The molecule has 2 aliphatic heterocycles. The monoisotopic (exact) mass is 595 g/mol. The summed E-state index contributed by atoms with van der Waals surface area (Å²) in [6.45, 7) is 1.49. The van der Waals surface area contributed by atoms with Crippen LogP contribution in [0.2, 0.25) is 0 Å². The van der Waals surface area contributed by atoms with E-state index in [4.69, 9.17) is 4.74 Å². The number of alkyl halides is 3. The van der Waals surface area contributed by atoms with Crippen molar-refractivity contribution in [2.75, 3.05) is 19.6 Å². The van der Waals surface area contributed by atoms with Gasteiger partial charge in [-0.3, -0.25) is 14.4 Å². The van der Waals surface area contributed by atoms with E-state index in [0.717, 1.165) is 13.1 Å². The van der Waals surface area contributed by atoms with Crippen LogP contribution >= 0.6 is 0 Å². The van der Waals surface area contributed by atoms with Gasteiger partial charge in [-0.2, -0.15) is 13.2 Å². The molecule has 14 heteroatoms. The Hall–Kier alpha value is -3.71. The number of carboxylic acid groups (broad SMARTS) is 1. The zero-order chi connectivity index (χ0) is 30.4. The lowest BCUT2D eigenvalue weighted by molar-refractivity contribution is -0.162. The number of aliphatic carboxylic acids is 1. The molecule has 3 aliphatic rings. The molecular formula is C28H33F4N5O5. The number of aryl methyl sites for hydroxylation is 1. The van der Waals surface area contributed by atoms with Gasteiger partial charge < -0.3 is 19.6 Å². The summed E-state index contributed by atoms with van der Waals surface area (Å²) in [6.07, 6.45) is -1.64. The van der Waals surface area contributed by atoms with E-state index in [1.807, 2.05) is 0 Å². The first kappa shape index (κ1) is 29.8. The van der Waals surface area contributed by atoms with Crippen LogP contribution < -0.4 is 4.74 Å². The van der Waals surface area contributed by atoms with E-state index in [-0.39, 0.29) is 42.3 Å². The summed E-state index contributed by atoms with van der Waals surface area (Å²) in [5, 5.41) is 17.1. The van der Waals surface area contributed by atoms with Crippen molar-refractivity contribution >= 4 is 17.8 Å². The number of hydrogen-bond donors (Lipinski definition) is 1. The second-order valence-corrected chi connectivity index (χ2v) is 11.5. The molecule has 42 heavy (non-hydrogen) atoms. The molecule has 3 atom stereocenters. The van der Waals surface area contributed by atoms with Gasteiger partial charge in [0.2, 0.25) is 11.8 Å². The molecule has 5 rings (SSSR count). The molecule has 0 spiro atoms. The quantitative estimate of drug-likeness (QED) is 0.483. The summed E-state index contributed by atoms with van der Waals surface area (Å²) in [4.78, 5) is 42.2. The summed E-state index contributed by atoms with van der Waals surface area (Å²) in [5.74, 6) is -2.92. The van der Waals surface area contributed by atoms with E-state index in [1.165, 1.54) is 11.0 Å². The first-order chi connectivity index (χ1) is 19.8. The van der Waals surface area contributed by atoms with Gasteiger partial charge in [0.1, 0.15) is 23.9 Å². The third-order valence-electron chi connectivity index (χ3n) is 8.94. The van der Waals surface area contributed by atoms with Crippen LogP contribution in [0.1, 0.15) is 74.0 Å². The minimum absolute atomic E-state index is 0.0207. The molecule has 1 N–H and O–H groups in total. The summed E-state index contributed by atoms with van der Waals surface area (Å²) in [5.41, 5.74) is -2.32. The number of carbonyl (C=O) groups is 3. The molecule has 1 aliphatic carbocycles. The number of amides is 2. The maximum absolute atomic E-state index is 15.2. The predicted octanol–water partition coefficient (Wildman–Crippen LogP) is 3.88. The minimum atomic E-state index is -4.74. The highest BCUT2D eigenvalue weighted by atomic mass is 19.4. The van der Waals surface area contributed by atoms with Gasteiger partial charge in [0, 0.05) is 38.7 Å². The average molecular weight is 596 g/mol. The van der Waals surface area contributed by atoms with E-state index in [2.05, 4.69) is 10.3 Å². The molecule has 0 bridgehead atoms. The maximum atomic E-state index is 15.2. The Bertz CT molecular complexity index is 1400. The van der Waals surface area contributed by atoms with E-state index in [9.17, 15) is 32.7 Å². The van der Waals surface area contributed by atoms with E-state index < -0.39 is 59.2 Å². The molecule has 2 fully saturated rings. The maximum Gasteiger partial charge on any atom is 0.435 e. The summed E-state index contributed by atoms with van der Waals surface area (Å²) in [6, 6.07) is 1.57. The number of carboxylic acids is 1. The molecule has 0 radical (unpaired) electrons. The second-order valence-electron chi connectivity index (χ2n) is 11.5. The summed E-state index contributed by atoms with van der Waals surface area (Å²) < 4.78 is 62.6. The van der Waals surface area contributed by atoms with Crippen LogP contribution in [0.3, 0.4) is 0 Å². The Kier molecular flexibility index (Phi) is 7.92. The van der Waals surface area contributed by atoms with Gasteiger partial charge in [0.25, 0.3) is 0 Å². The molecule has 1 aromatic carbocycles. The van der Waals surface area contributed by atoms with Crippen LogP contribution in [0.15, 0.2) is 12.1 Å². The van der Waals surface area contributed by atoms with Crippen LogP contribution in [0.4, 0.5) is 17.6 Å². The Labute approximate surface area is 239 Å². The average Bonchev–Trinajstić information content (AvgIpc) is 3.52. The van der Waals surface area contributed by atoms with Gasteiger partial charge in [-0.1, -0.05) is 18.1 Å². The number of likely N-dealkylation sites (tertiary alicyclic amines) is 1. The normalized spacial score (nSPS) is 24.6. The zero-order valence-corrected chi connectivity index (χ0v) is 23.4. The molecule has 2 amide bonds. The van der Waals surface area contributed by atoms with Crippen LogP contribution in [-0.4, -0.2) is 67.3 Å². The number of benzene rings is 1. The molecule has 1 saturated heterocycles. The van der Waals surface area contributed by atoms with Crippen LogP contribution in [-0.2, 0) is 40.6 Å². The van der Waals surface area contributed by atoms with Crippen LogP contribution in [0.25, 0.3) is 0 Å². The van der Waals surface area contributed by atoms with Crippen molar-refractivity contribution in [1.82, 2.24) is 24.8 Å². The fraction of sp³-hybridized carbons (Fsp3) is 0.607. The SMILES string of the molecule is Cn1nnc(COc2ccc(F)c3c2[C@@H](CN2CCCC2=O)N(C(=O)C2CCCC[C@@]2(C)C(=O)O)CC3)c1C(F)(F)F. The van der Waals surface area contributed by atoms with E-state index in [1.54, 1.807) is 11.8 Å². The van der Waals surface area contributed by atoms with Crippen molar-refractivity contribution < 1.29 is 41.8 Å². The first-order valence-electron chi connectivity index (χ1n) is 14.0. The highest BCUT2D eigenvalue weighted by molar-refractivity contribution is 5.88. The Morgan fingerprint density at radius 2 is 1.93 bits per heavy atom. The van der Waals surface area contributed by atoms with E-state index >= 15 is 4.39 Å². The lowest BCUT2D eigenvalue weighted by Gasteiger charge is -2.45. The van der Waals surface area contributed by atoms with Gasteiger partial charge in [0.05, 0.1) is 17.4 Å². The number of rotatable bonds is 7. The highest BCUT2D eigenvalue weighted by Crippen LogP contribution is 2.46. The standard InChI is InChI=1S/C28H33F4N5O5/c1-27(26(40)41)11-4-3-6-17(27)25(39)37-13-10-16-18(29)8-9-21(23(16)20(37)14-36-12-5-7-22(36)38)42-15-19-24(28(30,31)32)35(2)34-33-19/h8-9,17,20H,3-7,10-15H2,1-2H3,(H,40,41)/t17?,20-,27-/m1/s1. The number of halogens is 4. The molecule has 3 heterocycles. The zero-order valence-electron chi connectivity index (χ0n) is 23.4. The Morgan fingerprint density at radius 1 is 1.17 bits per heavy atom. The topological polar surface area (TPSA) is 118 Å². The lowest BCUT2D eigenvalue weighted by atomic mass is 9.66. The number of hydrogen-bond acceptors (Lipinski definition) is 6. The predicted molar refractivity (Wildman–Crippen MR) is 138 cm³/mol. The van der Waals surface area contributed by atoms with Crippen molar-refractivity contribution in [3.63, 3.8) is 0 Å². The second kappa shape index (κ2) is 11.2. The molecule has 10 nitrogen and oxygen atoms in total. The molecule has 2 aromatic rings. The fourth-order valence-corrected chi connectivity index (χ4v) is 6.64. The molecule has 228 valence electrons. The number of fused-ring (bicyclic) bond motifs is 1. The molecule has 1 saturated carbocycles. The molecule has 1 aromatic heterocycles. The third kappa shape index (κ3) is 5.31. The lowest BCUT2D eigenvalue weighted by Crippen LogP contribution is -2.52. The minimum Gasteiger partial charge on any atom is -0.487 e. The highest BCUT2D eigenvalue weighted by Gasteiger charge is 2.50. The van der Waals surface area contributed by atoms with Gasteiger partial charge in [-0.25, -0.2) is 9.07 Å². The first-order valence-corrected chi connectivity index (χ1v) is 14.0. The fourth-order valence-electron chi connectivity index (χ4n) is 6.64. The molecular weight excluding hydrogens is 562 g/mol. The Balaban J connectivity index is 1.54. The number of nitrogens with zero attached hydrogens (tertiary/aromatic N) is 5. The Morgan fingerprint density at radius 3 is 2.60 bits per heavy atom. The summed E-state index contributed by atoms with van der Waals surface area (Å²) >= 11 is 0. The van der Waals surface area contributed by atoms with Crippen LogP contribution in [0, 0.1) is 17.2 Å². The smallest absolute Gasteiger partial charge is 0.435 e. The van der Waals surface area contributed by atoms with Crippen molar-refractivity contribution in [3.8, 4) is 5.75 Å². The largest absolute Gasteiger partial charge is 0.487 e. The molecule has 1 unspecified atom stereocenters. The summed E-state index contributed by atoms with van der Waals surface area (Å²) in [7, 11) is 1.11. The number of carbonyl (C=O) groups excluding carboxylic acids is 2. The van der Waals surface area contributed by atoms with Crippen molar-refractivity contribution in [1.29, 1.82) is 0 Å². The third-order valence-corrected chi connectivity index (χ3v) is 8.94. The van der Waals surface area contributed by atoms with Crippen molar-refractivity contribution in [2.24, 2.45) is 18.4 Å². The van der Waals surface area contributed by atoms with Gasteiger partial charge in [0.15, 0.2) is 5.69 Å². The van der Waals surface area contributed by atoms with Crippen molar-refractivity contribution in [2.45, 2.75) is 70.7 Å². The van der Waals surface area contributed by atoms with Gasteiger partial charge in [-0.15, -0.1) is 5.10 Å². The van der Waals surface area contributed by atoms with E-state index in [0.29, 0.717) is 49.8 Å². The van der Waals surface area contributed by atoms with Crippen molar-refractivity contribution in [3.05, 3.63) is 40.5 Å².